The zero-order valence-corrected chi connectivity index (χ0v) is 18.5. The lowest BCUT2D eigenvalue weighted by Crippen LogP contribution is -2.37. The van der Waals surface area contributed by atoms with E-state index in [0.717, 1.165) is 16.8 Å². The Morgan fingerprint density at radius 3 is 2.55 bits per heavy atom. The monoisotopic (exact) mass is 448 g/mol. The number of amides is 1. The van der Waals surface area contributed by atoms with E-state index in [1.165, 1.54) is 18.2 Å². The summed E-state index contributed by atoms with van der Waals surface area (Å²) < 4.78 is 24.4. The van der Waals surface area contributed by atoms with E-state index in [-0.39, 0.29) is 12.0 Å². The lowest BCUT2D eigenvalue weighted by atomic mass is 10.0. The molecule has 0 fully saturated rings. The third kappa shape index (κ3) is 5.31. The molecule has 0 radical (unpaired) electrons. The molecule has 0 spiro atoms. The minimum Gasteiger partial charge on any atom is -0.493 e. The fourth-order valence-electron chi connectivity index (χ4n) is 3.79. The lowest BCUT2D eigenvalue weighted by molar-refractivity contribution is 0.0405. The van der Waals surface area contributed by atoms with Gasteiger partial charge in [0, 0.05) is 24.1 Å². The number of ether oxygens (including phenoxy) is 2. The zero-order valence-electron chi connectivity index (χ0n) is 18.5. The number of nitrogens with zero attached hydrogens (tertiary/aromatic N) is 2. The molecule has 33 heavy (non-hydrogen) atoms. The van der Waals surface area contributed by atoms with Crippen molar-refractivity contribution in [2.75, 3.05) is 20.8 Å². The van der Waals surface area contributed by atoms with E-state index < -0.39 is 5.82 Å². The van der Waals surface area contributed by atoms with Crippen LogP contribution in [0.5, 0.6) is 11.5 Å². The van der Waals surface area contributed by atoms with Gasteiger partial charge in [-0.05, 0) is 42.0 Å². The molecule has 1 unspecified atom stereocenters. The van der Waals surface area contributed by atoms with Crippen LogP contribution in [0.1, 0.15) is 27.9 Å². The predicted molar refractivity (Wildman–Crippen MR) is 123 cm³/mol. The fourth-order valence-corrected chi connectivity index (χ4v) is 3.79. The minimum atomic E-state index is -0.447. The van der Waals surface area contributed by atoms with Gasteiger partial charge in [-0.25, -0.2) is 4.39 Å². The average Bonchev–Trinajstić information content (AvgIpc) is 3.32. The van der Waals surface area contributed by atoms with Gasteiger partial charge in [-0.3, -0.25) is 4.79 Å². The van der Waals surface area contributed by atoms with Crippen LogP contribution in [-0.4, -0.2) is 43.4 Å². The van der Waals surface area contributed by atoms with Gasteiger partial charge in [0.25, 0.3) is 5.91 Å². The Kier molecular flexibility index (Phi) is 6.88. The highest BCUT2D eigenvalue weighted by molar-refractivity contribution is 6.02. The molecule has 4 rings (SSSR count). The summed E-state index contributed by atoms with van der Waals surface area (Å²) in [5, 5.41) is 4.25. The first kappa shape index (κ1) is 22.3. The molecular formula is C26H25FN2O4. The highest BCUT2D eigenvalue weighted by Crippen LogP contribution is 2.30. The first-order chi connectivity index (χ1) is 16.1. The van der Waals surface area contributed by atoms with Crippen molar-refractivity contribution in [2.45, 2.75) is 19.1 Å². The maximum absolute atomic E-state index is 13.7. The summed E-state index contributed by atoms with van der Waals surface area (Å²) in [6.07, 6.45) is 0.200. The number of hydrogen-bond acceptors (Lipinski definition) is 5. The molecule has 1 aliphatic rings. The summed E-state index contributed by atoms with van der Waals surface area (Å²) in [6, 6.07) is 21.0. The number of methoxy groups -OCH3 is 2. The number of rotatable bonds is 8. The molecule has 170 valence electrons. The molecule has 0 aliphatic carbocycles. The first-order valence-corrected chi connectivity index (χ1v) is 10.6. The second-order valence-electron chi connectivity index (χ2n) is 7.72. The minimum absolute atomic E-state index is 0.262. The van der Waals surface area contributed by atoms with Gasteiger partial charge in [-0.2, -0.15) is 0 Å². The summed E-state index contributed by atoms with van der Waals surface area (Å²) in [5.41, 5.74) is 2.89. The van der Waals surface area contributed by atoms with E-state index in [2.05, 4.69) is 5.16 Å². The summed E-state index contributed by atoms with van der Waals surface area (Å²) in [5.74, 6) is 0.526. The fraction of sp³-hybridized carbons (Fsp3) is 0.231. The number of oxime groups is 1. The quantitative estimate of drug-likeness (QED) is 0.502. The van der Waals surface area contributed by atoms with E-state index in [9.17, 15) is 9.18 Å². The van der Waals surface area contributed by atoms with Crippen LogP contribution in [0.15, 0.2) is 78.0 Å². The van der Waals surface area contributed by atoms with Crippen LogP contribution in [0.2, 0.25) is 0 Å². The standard InChI is InChI=1S/C26H25FN2O4/c1-31-24-12-11-19(14-25(24)32-2)23-15-22(33-28-23)17-29(16-18-7-4-3-5-8-18)26(30)20-9-6-10-21(27)13-20/h3-14,22H,15-17H2,1-2H3. The highest BCUT2D eigenvalue weighted by atomic mass is 19.1. The zero-order chi connectivity index (χ0) is 23.2. The third-order valence-electron chi connectivity index (χ3n) is 5.45. The molecule has 0 saturated carbocycles. The molecule has 1 heterocycles. The van der Waals surface area contributed by atoms with Crippen molar-refractivity contribution in [3.63, 3.8) is 0 Å². The van der Waals surface area contributed by atoms with E-state index in [0.29, 0.717) is 36.6 Å². The van der Waals surface area contributed by atoms with Crippen LogP contribution >= 0.6 is 0 Å². The van der Waals surface area contributed by atoms with Crippen LogP contribution in [0, 0.1) is 5.82 Å². The van der Waals surface area contributed by atoms with Crippen LogP contribution in [0.4, 0.5) is 4.39 Å². The van der Waals surface area contributed by atoms with E-state index in [1.807, 2.05) is 48.5 Å². The van der Waals surface area contributed by atoms with Crippen LogP contribution in [0.25, 0.3) is 0 Å². The van der Waals surface area contributed by atoms with E-state index in [4.69, 9.17) is 14.3 Å². The maximum Gasteiger partial charge on any atom is 0.254 e. The third-order valence-corrected chi connectivity index (χ3v) is 5.45. The molecule has 1 atom stereocenters. The van der Waals surface area contributed by atoms with Gasteiger partial charge in [0.15, 0.2) is 17.6 Å². The van der Waals surface area contributed by atoms with Crippen molar-refractivity contribution >= 4 is 11.6 Å². The molecule has 6 nitrogen and oxygen atoms in total. The van der Waals surface area contributed by atoms with E-state index in [1.54, 1.807) is 25.2 Å². The Balaban J connectivity index is 1.50. The van der Waals surface area contributed by atoms with Crippen molar-refractivity contribution in [1.29, 1.82) is 0 Å². The number of carbonyl (C=O) groups is 1. The van der Waals surface area contributed by atoms with Crippen molar-refractivity contribution in [3.8, 4) is 11.5 Å². The molecular weight excluding hydrogens is 423 g/mol. The van der Waals surface area contributed by atoms with Crippen molar-refractivity contribution in [2.24, 2.45) is 5.16 Å². The Bertz CT molecular complexity index is 1150. The smallest absolute Gasteiger partial charge is 0.254 e. The average molecular weight is 448 g/mol. The van der Waals surface area contributed by atoms with Gasteiger partial charge in [0.1, 0.15) is 5.82 Å². The Hall–Kier alpha value is -3.87. The summed E-state index contributed by atoms with van der Waals surface area (Å²) >= 11 is 0. The molecule has 0 aromatic heterocycles. The predicted octanol–water partition coefficient (Wildman–Crippen LogP) is 4.68. The second-order valence-corrected chi connectivity index (χ2v) is 7.72. The van der Waals surface area contributed by atoms with Crippen LogP contribution < -0.4 is 9.47 Å². The molecule has 0 N–H and O–H groups in total. The molecule has 0 bridgehead atoms. The largest absolute Gasteiger partial charge is 0.493 e. The number of carbonyl (C=O) groups excluding carboxylic acids is 1. The molecule has 1 aliphatic heterocycles. The SMILES string of the molecule is COc1ccc(C2=NOC(CN(Cc3ccccc3)C(=O)c3cccc(F)c3)C2)cc1OC. The Morgan fingerprint density at radius 2 is 1.82 bits per heavy atom. The van der Waals surface area contributed by atoms with Crippen LogP contribution in [-0.2, 0) is 11.4 Å². The Labute approximate surface area is 192 Å². The lowest BCUT2D eigenvalue weighted by Gasteiger charge is -2.25. The Morgan fingerprint density at radius 1 is 1.03 bits per heavy atom. The maximum atomic E-state index is 13.7. The van der Waals surface area contributed by atoms with Gasteiger partial charge in [-0.1, -0.05) is 41.6 Å². The van der Waals surface area contributed by atoms with Crippen molar-refractivity contribution in [3.05, 3.63) is 95.3 Å². The van der Waals surface area contributed by atoms with Gasteiger partial charge in [0.05, 0.1) is 26.5 Å². The topological polar surface area (TPSA) is 60.4 Å². The highest BCUT2D eigenvalue weighted by Gasteiger charge is 2.28. The second kappa shape index (κ2) is 10.2. The van der Waals surface area contributed by atoms with Gasteiger partial charge in [-0.15, -0.1) is 0 Å². The van der Waals surface area contributed by atoms with Crippen molar-refractivity contribution < 1.29 is 23.5 Å². The summed E-state index contributed by atoms with van der Waals surface area (Å²) in [6.45, 7) is 0.687. The van der Waals surface area contributed by atoms with Crippen LogP contribution in [0.3, 0.4) is 0 Å². The number of halogens is 1. The first-order valence-electron chi connectivity index (χ1n) is 10.6. The van der Waals surface area contributed by atoms with Gasteiger partial charge < -0.3 is 19.2 Å². The molecule has 3 aromatic rings. The number of benzene rings is 3. The van der Waals surface area contributed by atoms with Gasteiger partial charge >= 0.3 is 0 Å². The number of hydrogen-bond donors (Lipinski definition) is 0. The van der Waals surface area contributed by atoms with Crippen molar-refractivity contribution in [1.82, 2.24) is 4.90 Å². The molecule has 3 aromatic carbocycles. The van der Waals surface area contributed by atoms with E-state index >= 15 is 0 Å². The normalized spacial score (nSPS) is 14.9. The molecule has 0 saturated heterocycles. The summed E-state index contributed by atoms with van der Waals surface area (Å²) in [4.78, 5) is 20.6. The molecule has 7 heteroatoms. The molecule has 1 amide bonds. The van der Waals surface area contributed by atoms with Gasteiger partial charge in [0.2, 0.25) is 0 Å². The summed E-state index contributed by atoms with van der Waals surface area (Å²) in [7, 11) is 3.16.